The highest BCUT2D eigenvalue weighted by Gasteiger charge is 2.12. The van der Waals surface area contributed by atoms with Crippen molar-refractivity contribution in [2.45, 2.75) is 5.92 Å². The number of aldehydes is 1. The molecule has 0 amide bonds. The van der Waals surface area contributed by atoms with Gasteiger partial charge in [-0.15, -0.1) is 0 Å². The van der Waals surface area contributed by atoms with Crippen molar-refractivity contribution in [3.8, 4) is 11.5 Å². The Morgan fingerprint density at radius 1 is 1.33 bits per heavy atom. The number of halogens is 1. The lowest BCUT2D eigenvalue weighted by Gasteiger charge is -2.11. The van der Waals surface area contributed by atoms with Gasteiger partial charge in [-0.05, 0) is 17.7 Å². The SMILES string of the molecule is COc1ccc(C(C=O)CBr)cc1OC. The normalized spacial score (nSPS) is 11.9. The quantitative estimate of drug-likeness (QED) is 0.610. The van der Waals surface area contributed by atoms with Gasteiger partial charge in [0.25, 0.3) is 0 Å². The second-order valence-corrected chi connectivity index (χ2v) is 3.66. The standard InChI is InChI=1S/C11H13BrO3/c1-14-10-4-3-8(5-11(10)15-2)9(6-12)7-13/h3-5,7,9H,6H2,1-2H3. The second-order valence-electron chi connectivity index (χ2n) is 3.01. The fraction of sp³-hybridized carbons (Fsp3) is 0.364. The van der Waals surface area contributed by atoms with Gasteiger partial charge in [0.15, 0.2) is 11.5 Å². The van der Waals surface area contributed by atoms with Crippen molar-refractivity contribution in [3.05, 3.63) is 23.8 Å². The molecule has 0 aliphatic rings. The topological polar surface area (TPSA) is 35.5 Å². The van der Waals surface area contributed by atoms with E-state index in [1.807, 2.05) is 12.1 Å². The molecule has 0 aliphatic carbocycles. The molecule has 3 nitrogen and oxygen atoms in total. The largest absolute Gasteiger partial charge is 0.493 e. The molecule has 15 heavy (non-hydrogen) atoms. The molecule has 0 aliphatic heterocycles. The van der Waals surface area contributed by atoms with Gasteiger partial charge in [0.05, 0.1) is 14.2 Å². The van der Waals surface area contributed by atoms with Crippen molar-refractivity contribution in [2.75, 3.05) is 19.5 Å². The van der Waals surface area contributed by atoms with E-state index in [0.29, 0.717) is 16.8 Å². The molecule has 0 fully saturated rings. The second kappa shape index (κ2) is 5.75. The lowest BCUT2D eigenvalue weighted by molar-refractivity contribution is -0.108. The van der Waals surface area contributed by atoms with Crippen LogP contribution in [-0.4, -0.2) is 25.8 Å². The average molecular weight is 273 g/mol. The molecule has 0 saturated heterocycles. The monoisotopic (exact) mass is 272 g/mol. The Hall–Kier alpha value is -1.03. The summed E-state index contributed by atoms with van der Waals surface area (Å²) in [5, 5.41) is 0.603. The minimum absolute atomic E-state index is 0.148. The Morgan fingerprint density at radius 3 is 2.47 bits per heavy atom. The van der Waals surface area contributed by atoms with Gasteiger partial charge >= 0.3 is 0 Å². The van der Waals surface area contributed by atoms with Crippen LogP contribution >= 0.6 is 15.9 Å². The van der Waals surface area contributed by atoms with Crippen LogP contribution in [0.15, 0.2) is 18.2 Å². The molecule has 0 bridgehead atoms. The molecule has 1 unspecified atom stereocenters. The first-order valence-corrected chi connectivity index (χ1v) is 5.62. The summed E-state index contributed by atoms with van der Waals surface area (Å²) in [6.07, 6.45) is 0.913. The van der Waals surface area contributed by atoms with Crippen molar-refractivity contribution in [2.24, 2.45) is 0 Å². The molecule has 82 valence electrons. The summed E-state index contributed by atoms with van der Waals surface area (Å²) in [5.74, 6) is 1.16. The Morgan fingerprint density at radius 2 is 2.00 bits per heavy atom. The number of alkyl halides is 1. The summed E-state index contributed by atoms with van der Waals surface area (Å²) in [7, 11) is 3.16. The number of hydrogen-bond acceptors (Lipinski definition) is 3. The Balaban J connectivity index is 3.06. The van der Waals surface area contributed by atoms with Crippen LogP contribution in [0, 0.1) is 0 Å². The molecule has 4 heteroatoms. The van der Waals surface area contributed by atoms with Gasteiger partial charge in [0.1, 0.15) is 6.29 Å². The first kappa shape index (κ1) is 12.0. The van der Waals surface area contributed by atoms with Crippen molar-refractivity contribution < 1.29 is 14.3 Å². The van der Waals surface area contributed by atoms with E-state index in [0.717, 1.165) is 11.8 Å². The lowest BCUT2D eigenvalue weighted by atomic mass is 10.0. The van der Waals surface area contributed by atoms with Crippen LogP contribution in [-0.2, 0) is 4.79 Å². The van der Waals surface area contributed by atoms with Gasteiger partial charge < -0.3 is 14.3 Å². The van der Waals surface area contributed by atoms with Gasteiger partial charge in [-0.2, -0.15) is 0 Å². The Bertz CT molecular complexity index is 339. The minimum Gasteiger partial charge on any atom is -0.493 e. The van der Waals surface area contributed by atoms with E-state index < -0.39 is 0 Å². The van der Waals surface area contributed by atoms with Crippen LogP contribution in [0.25, 0.3) is 0 Å². The number of carbonyl (C=O) groups is 1. The highest BCUT2D eigenvalue weighted by atomic mass is 79.9. The van der Waals surface area contributed by atoms with Crippen molar-refractivity contribution in [1.82, 2.24) is 0 Å². The molecular weight excluding hydrogens is 260 g/mol. The molecule has 0 heterocycles. The van der Waals surface area contributed by atoms with Crippen LogP contribution in [0.5, 0.6) is 11.5 Å². The summed E-state index contributed by atoms with van der Waals surface area (Å²) in [6, 6.07) is 5.48. The zero-order valence-corrected chi connectivity index (χ0v) is 10.3. The average Bonchev–Trinajstić information content (AvgIpc) is 2.30. The van der Waals surface area contributed by atoms with E-state index in [1.165, 1.54) is 0 Å². The molecule has 0 spiro atoms. The fourth-order valence-electron chi connectivity index (χ4n) is 1.29. The third-order valence-electron chi connectivity index (χ3n) is 2.17. The van der Waals surface area contributed by atoms with E-state index in [2.05, 4.69) is 15.9 Å². The molecular formula is C11H13BrO3. The maximum absolute atomic E-state index is 10.8. The maximum atomic E-state index is 10.8. The Kier molecular flexibility index (Phi) is 4.62. The van der Waals surface area contributed by atoms with E-state index in [1.54, 1.807) is 20.3 Å². The van der Waals surface area contributed by atoms with Crippen LogP contribution in [0.3, 0.4) is 0 Å². The van der Waals surface area contributed by atoms with Gasteiger partial charge in [0, 0.05) is 11.2 Å². The van der Waals surface area contributed by atoms with E-state index in [-0.39, 0.29) is 5.92 Å². The third-order valence-corrected chi connectivity index (χ3v) is 2.86. The number of hydrogen-bond donors (Lipinski definition) is 0. The Labute approximate surface area is 97.5 Å². The fourth-order valence-corrected chi connectivity index (χ4v) is 1.81. The van der Waals surface area contributed by atoms with E-state index in [4.69, 9.17) is 9.47 Å². The van der Waals surface area contributed by atoms with Crippen LogP contribution in [0.4, 0.5) is 0 Å². The molecule has 0 aromatic heterocycles. The molecule has 0 radical (unpaired) electrons. The zero-order chi connectivity index (χ0) is 11.3. The summed E-state index contributed by atoms with van der Waals surface area (Å²) in [4.78, 5) is 10.8. The highest BCUT2D eigenvalue weighted by molar-refractivity contribution is 9.09. The predicted molar refractivity (Wildman–Crippen MR) is 62.1 cm³/mol. The van der Waals surface area contributed by atoms with Gasteiger partial charge in [-0.3, -0.25) is 0 Å². The number of rotatable bonds is 5. The number of ether oxygens (including phenoxy) is 2. The summed E-state index contributed by atoms with van der Waals surface area (Å²) < 4.78 is 10.3. The van der Waals surface area contributed by atoms with Crippen molar-refractivity contribution in [3.63, 3.8) is 0 Å². The predicted octanol–water partition coefficient (Wildman–Crippen LogP) is 2.38. The summed E-state index contributed by atoms with van der Waals surface area (Å²) in [5.41, 5.74) is 0.916. The van der Waals surface area contributed by atoms with E-state index >= 15 is 0 Å². The van der Waals surface area contributed by atoms with Crippen LogP contribution in [0.2, 0.25) is 0 Å². The van der Waals surface area contributed by atoms with Crippen LogP contribution in [0.1, 0.15) is 11.5 Å². The number of benzene rings is 1. The van der Waals surface area contributed by atoms with Crippen LogP contribution < -0.4 is 9.47 Å². The van der Waals surface area contributed by atoms with Crippen molar-refractivity contribution >= 4 is 22.2 Å². The van der Waals surface area contributed by atoms with E-state index in [9.17, 15) is 4.79 Å². The lowest BCUT2D eigenvalue weighted by Crippen LogP contribution is -2.02. The molecule has 0 N–H and O–H groups in total. The first-order valence-electron chi connectivity index (χ1n) is 4.50. The molecule has 1 aromatic carbocycles. The smallest absolute Gasteiger partial charge is 0.161 e. The third kappa shape index (κ3) is 2.72. The summed E-state index contributed by atoms with van der Waals surface area (Å²) in [6.45, 7) is 0. The molecule has 1 aromatic rings. The first-order chi connectivity index (χ1) is 7.26. The number of methoxy groups -OCH3 is 2. The molecule has 1 atom stereocenters. The molecule has 1 rings (SSSR count). The van der Waals surface area contributed by atoms with Gasteiger partial charge in [0.2, 0.25) is 0 Å². The number of carbonyl (C=O) groups excluding carboxylic acids is 1. The summed E-state index contributed by atoms with van der Waals surface area (Å²) >= 11 is 3.29. The maximum Gasteiger partial charge on any atom is 0.161 e. The van der Waals surface area contributed by atoms with Crippen molar-refractivity contribution in [1.29, 1.82) is 0 Å². The highest BCUT2D eigenvalue weighted by Crippen LogP contribution is 2.30. The molecule has 0 saturated carbocycles. The van der Waals surface area contributed by atoms with Gasteiger partial charge in [-0.25, -0.2) is 0 Å². The van der Waals surface area contributed by atoms with Gasteiger partial charge in [-0.1, -0.05) is 22.0 Å². The minimum atomic E-state index is -0.148. The zero-order valence-electron chi connectivity index (χ0n) is 8.70.